The normalized spacial score (nSPS) is 11.6. The lowest BCUT2D eigenvalue weighted by Crippen LogP contribution is -2.42. The summed E-state index contributed by atoms with van der Waals surface area (Å²) in [5.41, 5.74) is 2.48. The van der Waals surface area contributed by atoms with Crippen molar-refractivity contribution < 1.29 is 23.8 Å². The molecule has 1 amide bonds. The number of hydrogen-bond donors (Lipinski definition) is 1. The van der Waals surface area contributed by atoms with Gasteiger partial charge in [-0.2, -0.15) is 0 Å². The van der Waals surface area contributed by atoms with Gasteiger partial charge in [0.05, 0.1) is 20.3 Å². The number of carbonyl (C=O) groups excluding carboxylic acids is 2. The van der Waals surface area contributed by atoms with Crippen molar-refractivity contribution in [1.29, 1.82) is 0 Å². The molecule has 0 fully saturated rings. The molecule has 0 aliphatic carbocycles. The third-order valence-corrected chi connectivity index (χ3v) is 4.99. The monoisotopic (exact) mass is 445 g/mol. The summed E-state index contributed by atoms with van der Waals surface area (Å²) in [5, 5.41) is 2.71. The van der Waals surface area contributed by atoms with Gasteiger partial charge in [-0.3, -0.25) is 4.79 Å². The number of methoxy groups -OCH3 is 2. The Morgan fingerprint density at radius 2 is 1.55 bits per heavy atom. The Morgan fingerprint density at radius 3 is 2.18 bits per heavy atom. The molecular formula is C27H27NO5. The summed E-state index contributed by atoms with van der Waals surface area (Å²) < 4.78 is 15.9. The summed E-state index contributed by atoms with van der Waals surface area (Å²) >= 11 is 0. The highest BCUT2D eigenvalue weighted by Crippen LogP contribution is 2.25. The van der Waals surface area contributed by atoms with E-state index in [4.69, 9.17) is 14.2 Å². The van der Waals surface area contributed by atoms with Crippen LogP contribution in [0.25, 0.3) is 6.08 Å². The quantitative estimate of drug-likeness (QED) is 0.453. The molecule has 0 bridgehead atoms. The van der Waals surface area contributed by atoms with Gasteiger partial charge in [-0.05, 0) is 41.5 Å². The van der Waals surface area contributed by atoms with Gasteiger partial charge in [-0.25, -0.2) is 4.79 Å². The second kappa shape index (κ2) is 12.1. The van der Waals surface area contributed by atoms with Gasteiger partial charge in [-0.15, -0.1) is 0 Å². The van der Waals surface area contributed by atoms with Crippen LogP contribution in [0.4, 0.5) is 4.79 Å². The van der Waals surface area contributed by atoms with Crippen molar-refractivity contribution in [3.63, 3.8) is 0 Å². The fourth-order valence-electron chi connectivity index (χ4n) is 3.24. The second-order valence-corrected chi connectivity index (χ2v) is 7.29. The number of ether oxygens (including phenoxy) is 3. The molecule has 3 rings (SSSR count). The molecule has 6 heteroatoms. The molecule has 0 unspecified atom stereocenters. The Kier molecular flexibility index (Phi) is 8.65. The summed E-state index contributed by atoms with van der Waals surface area (Å²) in [7, 11) is 3.13. The van der Waals surface area contributed by atoms with Crippen LogP contribution in [0.3, 0.4) is 0 Å². The maximum atomic E-state index is 13.1. The first-order chi connectivity index (χ1) is 16.1. The van der Waals surface area contributed by atoms with Gasteiger partial charge in [-0.1, -0.05) is 60.7 Å². The van der Waals surface area contributed by atoms with E-state index in [1.165, 1.54) is 6.08 Å². The minimum atomic E-state index is -0.788. The minimum Gasteiger partial charge on any atom is -0.497 e. The van der Waals surface area contributed by atoms with E-state index >= 15 is 0 Å². The van der Waals surface area contributed by atoms with Crippen LogP contribution in [-0.4, -0.2) is 32.1 Å². The molecule has 0 aliphatic rings. The van der Waals surface area contributed by atoms with Crippen LogP contribution in [0.15, 0.2) is 84.9 Å². The lowest BCUT2D eigenvalue weighted by atomic mass is 10.0. The van der Waals surface area contributed by atoms with Gasteiger partial charge in [0.1, 0.15) is 18.1 Å². The molecule has 0 aliphatic heterocycles. The zero-order valence-electron chi connectivity index (χ0n) is 18.7. The third kappa shape index (κ3) is 7.25. The fraction of sp³-hybridized carbons (Fsp3) is 0.185. The summed E-state index contributed by atoms with van der Waals surface area (Å²) in [5.74, 6) is 0.987. The zero-order valence-corrected chi connectivity index (χ0v) is 18.7. The summed E-state index contributed by atoms with van der Waals surface area (Å²) in [6, 6.07) is 23.4. The van der Waals surface area contributed by atoms with Crippen molar-refractivity contribution >= 4 is 18.0 Å². The lowest BCUT2D eigenvalue weighted by Gasteiger charge is -2.16. The highest BCUT2D eigenvalue weighted by Gasteiger charge is 2.20. The number of alkyl carbamates (subject to hydrolysis) is 1. The van der Waals surface area contributed by atoms with Gasteiger partial charge in [0, 0.05) is 12.0 Å². The van der Waals surface area contributed by atoms with Crippen molar-refractivity contribution in [2.24, 2.45) is 0 Å². The van der Waals surface area contributed by atoms with Crippen LogP contribution >= 0.6 is 0 Å². The SMILES string of the molecule is COc1ccc(OC)c(/C=C\C(=O)[C@H](Cc2ccccc2)NC(=O)OCc2ccccc2)c1. The van der Waals surface area contributed by atoms with Crippen LogP contribution in [0.5, 0.6) is 11.5 Å². The van der Waals surface area contributed by atoms with Gasteiger partial charge >= 0.3 is 6.09 Å². The average Bonchev–Trinajstić information content (AvgIpc) is 2.86. The molecule has 6 nitrogen and oxygen atoms in total. The maximum absolute atomic E-state index is 13.1. The first-order valence-corrected chi connectivity index (χ1v) is 10.5. The molecule has 0 saturated carbocycles. The molecule has 170 valence electrons. The predicted octanol–water partition coefficient (Wildman–Crippen LogP) is 4.82. The Hall–Kier alpha value is -4.06. The molecular weight excluding hydrogens is 418 g/mol. The van der Waals surface area contributed by atoms with Crippen molar-refractivity contribution in [2.45, 2.75) is 19.1 Å². The van der Waals surface area contributed by atoms with Gasteiger partial charge < -0.3 is 19.5 Å². The predicted molar refractivity (Wildman–Crippen MR) is 127 cm³/mol. The maximum Gasteiger partial charge on any atom is 0.408 e. The molecule has 0 aromatic heterocycles. The van der Waals surface area contributed by atoms with Gasteiger partial charge in [0.15, 0.2) is 5.78 Å². The number of nitrogens with one attached hydrogen (secondary N) is 1. The van der Waals surface area contributed by atoms with Crippen LogP contribution in [0.2, 0.25) is 0 Å². The van der Waals surface area contributed by atoms with Crippen LogP contribution in [0, 0.1) is 0 Å². The van der Waals surface area contributed by atoms with Crippen LogP contribution < -0.4 is 14.8 Å². The van der Waals surface area contributed by atoms with Crippen molar-refractivity contribution in [2.75, 3.05) is 14.2 Å². The van der Waals surface area contributed by atoms with Crippen molar-refractivity contribution in [3.8, 4) is 11.5 Å². The molecule has 33 heavy (non-hydrogen) atoms. The zero-order chi connectivity index (χ0) is 23.5. The number of benzene rings is 3. The topological polar surface area (TPSA) is 73.9 Å². The van der Waals surface area contributed by atoms with E-state index in [2.05, 4.69) is 5.32 Å². The van der Waals surface area contributed by atoms with Gasteiger partial charge in [0.2, 0.25) is 0 Å². The van der Waals surface area contributed by atoms with E-state index < -0.39 is 12.1 Å². The molecule has 3 aromatic rings. The lowest BCUT2D eigenvalue weighted by molar-refractivity contribution is -0.116. The van der Waals surface area contributed by atoms with E-state index in [9.17, 15) is 9.59 Å². The van der Waals surface area contributed by atoms with Gasteiger partial charge in [0.25, 0.3) is 0 Å². The standard InChI is InChI=1S/C27H27NO5/c1-31-23-14-16-26(32-2)22(18-23)13-15-25(29)24(17-20-9-5-3-6-10-20)28-27(30)33-19-21-11-7-4-8-12-21/h3-16,18,24H,17,19H2,1-2H3,(H,28,30)/b15-13-/t24-/m0/s1. The first-order valence-electron chi connectivity index (χ1n) is 10.5. The molecule has 0 radical (unpaired) electrons. The highest BCUT2D eigenvalue weighted by atomic mass is 16.5. The number of carbonyl (C=O) groups is 2. The molecule has 1 atom stereocenters. The van der Waals surface area contributed by atoms with Crippen molar-refractivity contribution in [1.82, 2.24) is 5.32 Å². The summed E-state index contributed by atoms with van der Waals surface area (Å²) in [4.78, 5) is 25.5. The molecule has 0 spiro atoms. The Morgan fingerprint density at radius 1 is 0.879 bits per heavy atom. The number of amides is 1. The van der Waals surface area contributed by atoms with E-state index in [1.54, 1.807) is 38.5 Å². The molecule has 0 heterocycles. The Bertz CT molecular complexity index is 1080. The first kappa shape index (κ1) is 23.6. The average molecular weight is 446 g/mol. The number of hydrogen-bond acceptors (Lipinski definition) is 5. The van der Waals surface area contributed by atoms with E-state index in [0.717, 1.165) is 11.1 Å². The van der Waals surface area contributed by atoms with Crippen LogP contribution in [0.1, 0.15) is 16.7 Å². The van der Waals surface area contributed by atoms with E-state index in [0.29, 0.717) is 23.5 Å². The van der Waals surface area contributed by atoms with Crippen LogP contribution in [-0.2, 0) is 22.6 Å². The Labute approximate surface area is 193 Å². The minimum absolute atomic E-state index is 0.121. The molecule has 0 saturated heterocycles. The highest BCUT2D eigenvalue weighted by molar-refractivity contribution is 5.99. The van der Waals surface area contributed by atoms with E-state index in [1.807, 2.05) is 60.7 Å². The summed E-state index contributed by atoms with van der Waals surface area (Å²) in [6.45, 7) is 0.121. The Balaban J connectivity index is 1.73. The summed E-state index contributed by atoms with van der Waals surface area (Å²) in [6.07, 6.45) is 2.77. The van der Waals surface area contributed by atoms with Crippen molar-refractivity contribution in [3.05, 3.63) is 102 Å². The number of ketones is 1. The fourth-order valence-corrected chi connectivity index (χ4v) is 3.24. The van der Waals surface area contributed by atoms with E-state index in [-0.39, 0.29) is 12.4 Å². The molecule has 3 aromatic carbocycles. The number of rotatable bonds is 10. The largest absolute Gasteiger partial charge is 0.497 e. The smallest absolute Gasteiger partial charge is 0.408 e. The third-order valence-electron chi connectivity index (χ3n) is 4.99. The second-order valence-electron chi connectivity index (χ2n) is 7.29. The molecule has 1 N–H and O–H groups in total.